The van der Waals surface area contributed by atoms with Crippen molar-refractivity contribution >= 4 is 0 Å². The van der Waals surface area contributed by atoms with Gasteiger partial charge in [-0.25, -0.2) is 0 Å². The van der Waals surface area contributed by atoms with E-state index < -0.39 is 0 Å². The van der Waals surface area contributed by atoms with Crippen molar-refractivity contribution in [2.24, 2.45) is 7.05 Å². The summed E-state index contributed by atoms with van der Waals surface area (Å²) in [5, 5.41) is 4.27. The van der Waals surface area contributed by atoms with Crippen LogP contribution < -0.4 is 0 Å². The maximum Gasteiger partial charge on any atom is 0.0534 e. The van der Waals surface area contributed by atoms with Crippen molar-refractivity contribution in [1.29, 1.82) is 0 Å². The van der Waals surface area contributed by atoms with Crippen LogP contribution in [-0.2, 0) is 20.0 Å². The smallest absolute Gasteiger partial charge is 0.0534 e. The molecule has 2 aromatic rings. The van der Waals surface area contributed by atoms with Gasteiger partial charge < -0.3 is 4.90 Å². The molecule has 124 valence electrons. The van der Waals surface area contributed by atoms with Crippen LogP contribution in [0, 0.1) is 0 Å². The molecule has 0 amide bonds. The van der Waals surface area contributed by atoms with Crippen LogP contribution in [0.4, 0.5) is 0 Å². The van der Waals surface area contributed by atoms with Gasteiger partial charge in [0.05, 0.1) is 6.20 Å². The number of likely N-dealkylation sites (N-methyl/N-ethyl adjacent to an activating group) is 1. The molecule has 0 bridgehead atoms. The van der Waals surface area contributed by atoms with E-state index in [1.54, 1.807) is 0 Å². The van der Waals surface area contributed by atoms with Crippen LogP contribution in [0.3, 0.4) is 0 Å². The maximum absolute atomic E-state index is 4.27. The minimum absolute atomic E-state index is 0.653. The molecule has 2 heterocycles. The van der Waals surface area contributed by atoms with E-state index in [1.165, 1.54) is 43.6 Å². The molecule has 0 aliphatic carbocycles. The van der Waals surface area contributed by atoms with Gasteiger partial charge in [0.2, 0.25) is 0 Å². The number of hydrogen-bond donors (Lipinski definition) is 0. The summed E-state index contributed by atoms with van der Waals surface area (Å²) in [6.07, 6.45) is 7.86. The molecular formula is C19H28N4. The van der Waals surface area contributed by atoms with Crippen molar-refractivity contribution in [2.45, 2.75) is 31.8 Å². The molecule has 1 aliphatic heterocycles. The first kappa shape index (κ1) is 16.2. The van der Waals surface area contributed by atoms with Crippen LogP contribution in [0.15, 0.2) is 42.7 Å². The molecule has 3 rings (SSSR count). The van der Waals surface area contributed by atoms with Crippen LogP contribution in [-0.4, -0.2) is 52.3 Å². The highest BCUT2D eigenvalue weighted by Crippen LogP contribution is 2.17. The largest absolute Gasteiger partial charge is 0.301 e. The summed E-state index contributed by atoms with van der Waals surface area (Å²) in [6, 6.07) is 11.5. The van der Waals surface area contributed by atoms with Gasteiger partial charge >= 0.3 is 0 Å². The Kier molecular flexibility index (Phi) is 5.47. The molecule has 0 radical (unpaired) electrons. The zero-order valence-electron chi connectivity index (χ0n) is 14.4. The fourth-order valence-corrected chi connectivity index (χ4v) is 3.50. The summed E-state index contributed by atoms with van der Waals surface area (Å²) < 4.78 is 1.89. The Bertz CT molecular complexity index is 592. The lowest BCUT2D eigenvalue weighted by Crippen LogP contribution is -2.46. The van der Waals surface area contributed by atoms with Gasteiger partial charge in [0.1, 0.15) is 0 Å². The van der Waals surface area contributed by atoms with Crippen LogP contribution in [0.25, 0.3) is 0 Å². The molecule has 1 aliphatic rings. The van der Waals surface area contributed by atoms with E-state index in [2.05, 4.69) is 58.5 Å². The molecule has 1 fully saturated rings. The van der Waals surface area contributed by atoms with Crippen molar-refractivity contribution in [2.75, 3.05) is 26.7 Å². The molecule has 0 unspecified atom stereocenters. The SMILES string of the molecule is CN(Cc1cnn(C)c1)[C@H]1CCCN(CCc2ccccc2)C1. The fraction of sp³-hybridized carbons (Fsp3) is 0.526. The van der Waals surface area contributed by atoms with Gasteiger partial charge in [-0.15, -0.1) is 0 Å². The van der Waals surface area contributed by atoms with E-state index in [0.29, 0.717) is 6.04 Å². The highest BCUT2D eigenvalue weighted by atomic mass is 15.3. The van der Waals surface area contributed by atoms with Gasteiger partial charge in [-0.2, -0.15) is 5.10 Å². The summed E-state index contributed by atoms with van der Waals surface area (Å²) in [5.41, 5.74) is 2.75. The van der Waals surface area contributed by atoms with Crippen LogP contribution >= 0.6 is 0 Å². The number of rotatable bonds is 6. The molecular weight excluding hydrogens is 284 g/mol. The summed E-state index contributed by atoms with van der Waals surface area (Å²) in [5.74, 6) is 0. The third kappa shape index (κ3) is 4.66. The van der Waals surface area contributed by atoms with Gasteiger partial charge in [-0.05, 0) is 38.4 Å². The number of likely N-dealkylation sites (tertiary alicyclic amines) is 1. The van der Waals surface area contributed by atoms with Crippen molar-refractivity contribution < 1.29 is 0 Å². The zero-order valence-corrected chi connectivity index (χ0v) is 14.4. The standard InChI is InChI=1S/C19H28N4/c1-21(14-18-13-20-22(2)15-18)19-9-6-11-23(16-19)12-10-17-7-4-3-5-8-17/h3-5,7-8,13,15,19H,6,9-12,14,16H2,1-2H3/t19-/m0/s1. The molecule has 0 saturated carbocycles. The van der Waals surface area contributed by atoms with E-state index in [4.69, 9.17) is 0 Å². The Morgan fingerprint density at radius 3 is 2.78 bits per heavy atom. The highest BCUT2D eigenvalue weighted by molar-refractivity contribution is 5.14. The topological polar surface area (TPSA) is 24.3 Å². The van der Waals surface area contributed by atoms with Gasteiger partial charge in [0.15, 0.2) is 0 Å². The number of nitrogens with zero attached hydrogens (tertiary/aromatic N) is 4. The Balaban J connectivity index is 1.49. The molecule has 0 N–H and O–H groups in total. The number of piperidine rings is 1. The second-order valence-electron chi connectivity index (χ2n) is 6.77. The Morgan fingerprint density at radius 1 is 1.22 bits per heavy atom. The first-order valence-corrected chi connectivity index (χ1v) is 8.65. The lowest BCUT2D eigenvalue weighted by Gasteiger charge is -2.37. The summed E-state index contributed by atoms with van der Waals surface area (Å²) >= 11 is 0. The molecule has 1 atom stereocenters. The monoisotopic (exact) mass is 312 g/mol. The molecule has 4 nitrogen and oxygen atoms in total. The second kappa shape index (κ2) is 7.75. The van der Waals surface area contributed by atoms with E-state index >= 15 is 0 Å². The van der Waals surface area contributed by atoms with Crippen LogP contribution in [0.2, 0.25) is 0 Å². The first-order valence-electron chi connectivity index (χ1n) is 8.65. The van der Waals surface area contributed by atoms with E-state index in [0.717, 1.165) is 13.0 Å². The minimum Gasteiger partial charge on any atom is -0.301 e. The van der Waals surface area contributed by atoms with Gasteiger partial charge in [0, 0.05) is 44.5 Å². The van der Waals surface area contributed by atoms with Crippen molar-refractivity contribution in [1.82, 2.24) is 19.6 Å². The molecule has 0 spiro atoms. The number of aryl methyl sites for hydroxylation is 1. The lowest BCUT2D eigenvalue weighted by atomic mass is 10.0. The zero-order chi connectivity index (χ0) is 16.1. The predicted octanol–water partition coefficient (Wildman–Crippen LogP) is 2.56. The first-order chi connectivity index (χ1) is 11.2. The van der Waals surface area contributed by atoms with Crippen molar-refractivity contribution in [3.63, 3.8) is 0 Å². The normalized spacial score (nSPS) is 19.3. The molecule has 1 aromatic heterocycles. The summed E-state index contributed by atoms with van der Waals surface area (Å²) in [6.45, 7) is 4.58. The predicted molar refractivity (Wildman–Crippen MR) is 94.3 cm³/mol. The van der Waals surface area contributed by atoms with Gasteiger partial charge in [-0.1, -0.05) is 30.3 Å². The third-order valence-electron chi connectivity index (χ3n) is 4.85. The average molecular weight is 312 g/mol. The number of benzene rings is 1. The second-order valence-corrected chi connectivity index (χ2v) is 6.77. The quantitative estimate of drug-likeness (QED) is 0.819. The maximum atomic E-state index is 4.27. The van der Waals surface area contributed by atoms with E-state index in [1.807, 2.05) is 17.9 Å². The van der Waals surface area contributed by atoms with Crippen LogP contribution in [0.1, 0.15) is 24.0 Å². The molecule has 1 saturated heterocycles. The van der Waals surface area contributed by atoms with Crippen molar-refractivity contribution in [3.05, 3.63) is 53.9 Å². The Labute approximate surface area is 139 Å². The molecule has 4 heteroatoms. The Hall–Kier alpha value is -1.65. The van der Waals surface area contributed by atoms with E-state index in [9.17, 15) is 0 Å². The summed E-state index contributed by atoms with van der Waals surface area (Å²) in [7, 11) is 4.23. The summed E-state index contributed by atoms with van der Waals surface area (Å²) in [4.78, 5) is 5.12. The third-order valence-corrected chi connectivity index (χ3v) is 4.85. The lowest BCUT2D eigenvalue weighted by molar-refractivity contribution is 0.112. The number of hydrogen-bond acceptors (Lipinski definition) is 3. The molecule has 23 heavy (non-hydrogen) atoms. The molecule has 1 aromatic carbocycles. The van der Waals surface area contributed by atoms with E-state index in [-0.39, 0.29) is 0 Å². The minimum atomic E-state index is 0.653. The van der Waals surface area contributed by atoms with Gasteiger partial charge in [0.25, 0.3) is 0 Å². The van der Waals surface area contributed by atoms with Gasteiger partial charge in [-0.3, -0.25) is 9.58 Å². The average Bonchev–Trinajstić information content (AvgIpc) is 2.99. The Morgan fingerprint density at radius 2 is 2.04 bits per heavy atom. The van der Waals surface area contributed by atoms with Crippen LogP contribution in [0.5, 0.6) is 0 Å². The number of aromatic nitrogens is 2. The fourth-order valence-electron chi connectivity index (χ4n) is 3.50. The van der Waals surface area contributed by atoms with Crippen molar-refractivity contribution in [3.8, 4) is 0 Å². The highest BCUT2D eigenvalue weighted by Gasteiger charge is 2.23.